The molecule has 4 heteroatoms. The number of amides is 1. The molecule has 1 aliphatic heterocycles. The van der Waals surface area contributed by atoms with Crippen LogP contribution in [0.15, 0.2) is 16.6 Å². The van der Waals surface area contributed by atoms with Crippen molar-refractivity contribution in [2.75, 3.05) is 13.1 Å². The molecule has 1 unspecified atom stereocenters. The first-order valence-electron chi connectivity index (χ1n) is 6.32. The quantitative estimate of drug-likeness (QED) is 0.423. The molecule has 2 aliphatic rings. The van der Waals surface area contributed by atoms with Crippen molar-refractivity contribution in [3.8, 4) is 0 Å². The van der Waals surface area contributed by atoms with E-state index in [0.29, 0.717) is 13.0 Å². The van der Waals surface area contributed by atoms with Crippen molar-refractivity contribution in [2.24, 2.45) is 4.99 Å². The lowest BCUT2D eigenvalue weighted by molar-refractivity contribution is -0.127. The molecule has 2 rings (SSSR count). The van der Waals surface area contributed by atoms with Crippen molar-refractivity contribution in [1.29, 1.82) is 0 Å². The van der Waals surface area contributed by atoms with Crippen molar-refractivity contribution in [3.63, 3.8) is 0 Å². The first-order valence-corrected chi connectivity index (χ1v) is 6.32. The number of carbonyl (C=O) groups excluding carboxylic acids is 2. The van der Waals surface area contributed by atoms with E-state index >= 15 is 0 Å². The summed E-state index contributed by atoms with van der Waals surface area (Å²) >= 11 is 0. The minimum atomic E-state index is -0.166. The highest BCUT2D eigenvalue weighted by Gasteiger charge is 2.28. The van der Waals surface area contributed by atoms with Crippen LogP contribution in [-0.2, 0) is 9.59 Å². The van der Waals surface area contributed by atoms with Crippen LogP contribution >= 0.6 is 0 Å². The highest BCUT2D eigenvalue weighted by molar-refractivity contribution is 5.79. The van der Waals surface area contributed by atoms with Crippen LogP contribution in [0.25, 0.3) is 0 Å². The number of likely N-dealkylation sites (tertiary alicyclic amines) is 1. The Balaban J connectivity index is 1.81. The van der Waals surface area contributed by atoms with Gasteiger partial charge in [0, 0.05) is 13.1 Å². The van der Waals surface area contributed by atoms with Gasteiger partial charge < -0.3 is 4.90 Å². The molecule has 0 aromatic heterocycles. The molecule has 92 valence electrons. The minimum Gasteiger partial charge on any atom is -0.340 e. The summed E-state index contributed by atoms with van der Waals surface area (Å²) in [5.74, 6) is 0.116. The van der Waals surface area contributed by atoms with Crippen LogP contribution in [0.1, 0.15) is 38.5 Å². The Bertz CT molecular complexity index is 370. The molecule has 1 aliphatic carbocycles. The smallest absolute Gasteiger partial charge is 0.235 e. The zero-order valence-electron chi connectivity index (χ0n) is 10.0. The summed E-state index contributed by atoms with van der Waals surface area (Å²) in [6.07, 6.45) is 10.1. The Labute approximate surface area is 101 Å². The van der Waals surface area contributed by atoms with E-state index in [9.17, 15) is 9.59 Å². The molecule has 0 radical (unpaired) electrons. The third kappa shape index (κ3) is 3.27. The Morgan fingerprint density at radius 1 is 1.47 bits per heavy atom. The van der Waals surface area contributed by atoms with E-state index in [4.69, 9.17) is 0 Å². The lowest BCUT2D eigenvalue weighted by atomic mass is 9.97. The van der Waals surface area contributed by atoms with Crippen LogP contribution in [0.5, 0.6) is 0 Å². The molecule has 0 aromatic carbocycles. The number of allylic oxidation sites excluding steroid dienone is 1. The number of isocyanates is 1. The Morgan fingerprint density at radius 3 is 3.06 bits per heavy atom. The molecular weight excluding hydrogens is 216 g/mol. The van der Waals surface area contributed by atoms with Crippen molar-refractivity contribution in [1.82, 2.24) is 4.90 Å². The SMILES string of the molecule is O=C=NC1CC(=O)N(CCC2=CCCCC2)C1. The fourth-order valence-electron chi connectivity index (χ4n) is 2.54. The summed E-state index contributed by atoms with van der Waals surface area (Å²) in [5, 5.41) is 0. The number of nitrogens with zero attached hydrogens (tertiary/aromatic N) is 2. The van der Waals surface area contributed by atoms with Gasteiger partial charge in [0.2, 0.25) is 12.0 Å². The zero-order chi connectivity index (χ0) is 12.1. The summed E-state index contributed by atoms with van der Waals surface area (Å²) in [5.41, 5.74) is 1.48. The van der Waals surface area contributed by atoms with Crippen molar-refractivity contribution < 1.29 is 9.59 Å². The first kappa shape index (κ1) is 12.1. The van der Waals surface area contributed by atoms with Gasteiger partial charge in [0.05, 0.1) is 12.5 Å². The molecule has 0 saturated carbocycles. The molecule has 1 amide bonds. The minimum absolute atomic E-state index is 0.116. The zero-order valence-corrected chi connectivity index (χ0v) is 10.0. The van der Waals surface area contributed by atoms with E-state index in [1.807, 2.05) is 4.90 Å². The Morgan fingerprint density at radius 2 is 2.35 bits per heavy atom. The molecule has 0 N–H and O–H groups in total. The van der Waals surface area contributed by atoms with Gasteiger partial charge in [-0.25, -0.2) is 9.79 Å². The van der Waals surface area contributed by atoms with E-state index in [-0.39, 0.29) is 11.9 Å². The predicted octanol–water partition coefficient (Wildman–Crippen LogP) is 1.81. The summed E-state index contributed by atoms with van der Waals surface area (Å²) in [6.45, 7) is 1.36. The van der Waals surface area contributed by atoms with Gasteiger partial charge >= 0.3 is 0 Å². The molecule has 1 heterocycles. The third-order valence-corrected chi connectivity index (χ3v) is 3.52. The van der Waals surface area contributed by atoms with Crippen LogP contribution in [0, 0.1) is 0 Å². The monoisotopic (exact) mass is 234 g/mol. The largest absolute Gasteiger partial charge is 0.340 e. The van der Waals surface area contributed by atoms with Gasteiger partial charge in [0.1, 0.15) is 0 Å². The molecule has 1 atom stereocenters. The standard InChI is InChI=1S/C13H18N2O2/c16-10-14-12-8-13(17)15(9-12)7-6-11-4-2-1-3-5-11/h4,12H,1-3,5-9H2. The Kier molecular flexibility index (Phi) is 4.10. The normalized spacial score (nSPS) is 24.5. The second kappa shape index (κ2) is 5.78. The van der Waals surface area contributed by atoms with Crippen LogP contribution in [0.2, 0.25) is 0 Å². The molecule has 0 aromatic rings. The molecule has 17 heavy (non-hydrogen) atoms. The second-order valence-corrected chi connectivity index (χ2v) is 4.78. The van der Waals surface area contributed by atoms with Gasteiger partial charge in [-0.1, -0.05) is 11.6 Å². The van der Waals surface area contributed by atoms with Crippen molar-refractivity contribution >= 4 is 12.0 Å². The summed E-state index contributed by atoms with van der Waals surface area (Å²) in [6, 6.07) is -0.166. The van der Waals surface area contributed by atoms with Crippen LogP contribution in [0.3, 0.4) is 0 Å². The second-order valence-electron chi connectivity index (χ2n) is 4.78. The van der Waals surface area contributed by atoms with E-state index in [0.717, 1.165) is 13.0 Å². The average molecular weight is 234 g/mol. The van der Waals surface area contributed by atoms with Crippen molar-refractivity contribution in [2.45, 2.75) is 44.6 Å². The van der Waals surface area contributed by atoms with E-state index in [1.54, 1.807) is 6.08 Å². The van der Waals surface area contributed by atoms with Crippen LogP contribution in [-0.4, -0.2) is 36.0 Å². The molecule has 1 saturated heterocycles. The molecule has 1 fully saturated rings. The highest BCUT2D eigenvalue weighted by Crippen LogP contribution is 2.22. The van der Waals surface area contributed by atoms with E-state index < -0.39 is 0 Å². The maximum Gasteiger partial charge on any atom is 0.235 e. The lowest BCUT2D eigenvalue weighted by Gasteiger charge is -2.18. The van der Waals surface area contributed by atoms with Gasteiger partial charge in [0.25, 0.3) is 0 Å². The third-order valence-electron chi connectivity index (χ3n) is 3.52. The average Bonchev–Trinajstić information content (AvgIpc) is 2.69. The summed E-state index contributed by atoms with van der Waals surface area (Å²) in [4.78, 5) is 27.3. The fourth-order valence-corrected chi connectivity index (χ4v) is 2.54. The first-order chi connectivity index (χ1) is 8.29. The summed E-state index contributed by atoms with van der Waals surface area (Å²) < 4.78 is 0. The van der Waals surface area contributed by atoms with Gasteiger partial charge in [-0.15, -0.1) is 0 Å². The molecule has 0 spiro atoms. The van der Waals surface area contributed by atoms with Crippen molar-refractivity contribution in [3.05, 3.63) is 11.6 Å². The summed E-state index contributed by atoms with van der Waals surface area (Å²) in [7, 11) is 0. The number of rotatable bonds is 4. The fraction of sp³-hybridized carbons (Fsp3) is 0.692. The number of carbonyl (C=O) groups is 1. The van der Waals surface area contributed by atoms with Gasteiger partial charge in [-0.2, -0.15) is 0 Å². The molecule has 0 bridgehead atoms. The van der Waals surface area contributed by atoms with E-state index in [1.165, 1.54) is 31.3 Å². The molecule has 4 nitrogen and oxygen atoms in total. The maximum absolute atomic E-state index is 11.6. The number of hydrogen-bond donors (Lipinski definition) is 0. The topological polar surface area (TPSA) is 49.7 Å². The predicted molar refractivity (Wildman–Crippen MR) is 64.3 cm³/mol. The van der Waals surface area contributed by atoms with Gasteiger partial charge in [-0.05, 0) is 32.1 Å². The highest BCUT2D eigenvalue weighted by atomic mass is 16.2. The van der Waals surface area contributed by atoms with Crippen LogP contribution < -0.4 is 0 Å². The van der Waals surface area contributed by atoms with Gasteiger partial charge in [0.15, 0.2) is 0 Å². The maximum atomic E-state index is 11.6. The van der Waals surface area contributed by atoms with E-state index in [2.05, 4.69) is 11.1 Å². The number of aliphatic imine (C=N–C) groups is 1. The molecular formula is C13H18N2O2. The number of hydrogen-bond acceptors (Lipinski definition) is 3. The Hall–Kier alpha value is -1.41. The van der Waals surface area contributed by atoms with Crippen LogP contribution in [0.4, 0.5) is 0 Å². The lowest BCUT2D eigenvalue weighted by Crippen LogP contribution is -2.27. The van der Waals surface area contributed by atoms with Gasteiger partial charge in [-0.3, -0.25) is 4.79 Å².